The molecule has 0 aliphatic carbocycles. The first kappa shape index (κ1) is 15.0. The number of hydrogen-bond acceptors (Lipinski definition) is 2. The molecule has 3 N–H and O–H groups in total. The van der Waals surface area contributed by atoms with E-state index in [-0.39, 0.29) is 11.3 Å². The Labute approximate surface area is 132 Å². The van der Waals surface area contributed by atoms with Crippen molar-refractivity contribution in [2.45, 2.75) is 13.0 Å². The van der Waals surface area contributed by atoms with Gasteiger partial charge in [-0.15, -0.1) is 0 Å². The molecule has 0 atom stereocenters. The van der Waals surface area contributed by atoms with Gasteiger partial charge >= 0.3 is 6.03 Å². The molecule has 0 spiro atoms. The number of carbonyl (C=O) groups excluding carboxylic acids is 2. The fraction of sp³-hybridized carbons (Fsp3) is 0.176. The molecule has 0 saturated carbocycles. The van der Waals surface area contributed by atoms with Crippen molar-refractivity contribution in [3.8, 4) is 0 Å². The Morgan fingerprint density at radius 3 is 2.61 bits per heavy atom. The standard InChI is InChI=1S/C17H16FN3O2/c18-14-6-5-12(16(19)22)9-15(14)20-17(23)21-8-7-11-3-1-2-4-13(11)10-21/h1-6,9H,7-8,10H2,(H2,19,22)(H,20,23). The van der Waals surface area contributed by atoms with E-state index in [9.17, 15) is 14.0 Å². The summed E-state index contributed by atoms with van der Waals surface area (Å²) in [5, 5.41) is 2.51. The Morgan fingerprint density at radius 1 is 1.13 bits per heavy atom. The minimum Gasteiger partial charge on any atom is -0.366 e. The van der Waals surface area contributed by atoms with E-state index < -0.39 is 17.8 Å². The lowest BCUT2D eigenvalue weighted by atomic mass is 10.0. The molecule has 2 aromatic rings. The highest BCUT2D eigenvalue weighted by molar-refractivity contribution is 5.96. The molecule has 6 heteroatoms. The molecule has 118 valence electrons. The number of fused-ring (bicyclic) bond motifs is 1. The Bertz CT molecular complexity index is 776. The number of hydrogen-bond donors (Lipinski definition) is 2. The van der Waals surface area contributed by atoms with Crippen LogP contribution >= 0.6 is 0 Å². The molecule has 0 unspecified atom stereocenters. The van der Waals surface area contributed by atoms with E-state index in [1.165, 1.54) is 17.7 Å². The third kappa shape index (κ3) is 3.15. The molecule has 23 heavy (non-hydrogen) atoms. The normalized spacial score (nSPS) is 13.3. The quantitative estimate of drug-likeness (QED) is 0.894. The van der Waals surface area contributed by atoms with E-state index in [4.69, 9.17) is 5.73 Å². The van der Waals surface area contributed by atoms with E-state index in [2.05, 4.69) is 5.32 Å². The molecule has 0 fully saturated rings. The van der Waals surface area contributed by atoms with Crippen molar-refractivity contribution in [3.05, 3.63) is 65.0 Å². The van der Waals surface area contributed by atoms with Crippen LogP contribution in [0.3, 0.4) is 0 Å². The Morgan fingerprint density at radius 2 is 1.87 bits per heavy atom. The largest absolute Gasteiger partial charge is 0.366 e. The monoisotopic (exact) mass is 313 g/mol. The highest BCUT2D eigenvalue weighted by atomic mass is 19.1. The number of halogens is 1. The van der Waals surface area contributed by atoms with Crippen molar-refractivity contribution in [3.63, 3.8) is 0 Å². The van der Waals surface area contributed by atoms with Crippen molar-refractivity contribution < 1.29 is 14.0 Å². The first-order chi connectivity index (χ1) is 11.0. The number of primary amides is 1. The van der Waals surface area contributed by atoms with Crippen LogP contribution in [0.1, 0.15) is 21.5 Å². The number of benzene rings is 2. The van der Waals surface area contributed by atoms with Gasteiger partial charge in [0, 0.05) is 18.7 Å². The van der Waals surface area contributed by atoms with Gasteiger partial charge in [-0.3, -0.25) is 4.79 Å². The maximum absolute atomic E-state index is 13.8. The first-order valence-corrected chi connectivity index (χ1v) is 7.26. The van der Waals surface area contributed by atoms with Gasteiger partial charge in [0.15, 0.2) is 0 Å². The number of nitrogens with zero attached hydrogens (tertiary/aromatic N) is 1. The Kier molecular flexibility index (Phi) is 3.97. The molecule has 1 heterocycles. The topological polar surface area (TPSA) is 75.4 Å². The van der Waals surface area contributed by atoms with E-state index in [0.29, 0.717) is 13.1 Å². The van der Waals surface area contributed by atoms with E-state index in [1.54, 1.807) is 4.90 Å². The summed E-state index contributed by atoms with van der Waals surface area (Å²) in [6, 6.07) is 11.2. The van der Waals surface area contributed by atoms with Gasteiger partial charge < -0.3 is 16.0 Å². The van der Waals surface area contributed by atoms with Crippen LogP contribution in [0.25, 0.3) is 0 Å². The van der Waals surface area contributed by atoms with E-state index >= 15 is 0 Å². The molecule has 0 aromatic heterocycles. The molecule has 2 aromatic carbocycles. The van der Waals surface area contributed by atoms with Gasteiger partial charge in [-0.25, -0.2) is 9.18 Å². The Balaban J connectivity index is 1.75. The van der Waals surface area contributed by atoms with Crippen LogP contribution in [-0.4, -0.2) is 23.4 Å². The first-order valence-electron chi connectivity index (χ1n) is 7.26. The van der Waals surface area contributed by atoms with Gasteiger partial charge in [0.05, 0.1) is 5.69 Å². The summed E-state index contributed by atoms with van der Waals surface area (Å²) < 4.78 is 13.8. The van der Waals surface area contributed by atoms with Crippen molar-refractivity contribution >= 4 is 17.6 Å². The minimum absolute atomic E-state index is 0.0508. The van der Waals surface area contributed by atoms with Crippen LogP contribution in [0.4, 0.5) is 14.9 Å². The van der Waals surface area contributed by atoms with Gasteiger partial charge in [-0.05, 0) is 35.7 Å². The zero-order chi connectivity index (χ0) is 16.4. The van der Waals surface area contributed by atoms with Crippen LogP contribution in [-0.2, 0) is 13.0 Å². The van der Waals surface area contributed by atoms with Crippen LogP contribution in [0.2, 0.25) is 0 Å². The molecule has 3 rings (SSSR count). The van der Waals surface area contributed by atoms with E-state index in [0.717, 1.165) is 18.1 Å². The van der Waals surface area contributed by atoms with Crippen LogP contribution < -0.4 is 11.1 Å². The average molecular weight is 313 g/mol. The number of rotatable bonds is 2. The number of urea groups is 1. The number of carbonyl (C=O) groups is 2. The molecule has 0 radical (unpaired) electrons. The summed E-state index contributed by atoms with van der Waals surface area (Å²) in [4.78, 5) is 25.1. The second kappa shape index (κ2) is 6.08. The summed E-state index contributed by atoms with van der Waals surface area (Å²) >= 11 is 0. The minimum atomic E-state index is -0.674. The second-order valence-corrected chi connectivity index (χ2v) is 5.43. The predicted octanol–water partition coefficient (Wildman–Crippen LogP) is 2.51. The Hall–Kier alpha value is -2.89. The predicted molar refractivity (Wildman–Crippen MR) is 84.5 cm³/mol. The molecule has 0 bridgehead atoms. The highest BCUT2D eigenvalue weighted by Crippen LogP contribution is 2.21. The summed E-state index contributed by atoms with van der Waals surface area (Å²) in [6.45, 7) is 1.03. The van der Waals surface area contributed by atoms with Crippen molar-refractivity contribution in [1.82, 2.24) is 4.90 Å². The fourth-order valence-electron chi connectivity index (χ4n) is 2.64. The second-order valence-electron chi connectivity index (χ2n) is 5.43. The maximum atomic E-state index is 13.8. The molecular formula is C17H16FN3O2. The van der Waals surface area contributed by atoms with Crippen molar-refractivity contribution in [2.75, 3.05) is 11.9 Å². The average Bonchev–Trinajstić information content (AvgIpc) is 2.56. The SMILES string of the molecule is NC(=O)c1ccc(F)c(NC(=O)N2CCc3ccccc3C2)c1. The molecule has 5 nitrogen and oxygen atoms in total. The summed E-state index contributed by atoms with van der Waals surface area (Å²) in [6.07, 6.45) is 0.757. The smallest absolute Gasteiger partial charge is 0.322 e. The summed E-state index contributed by atoms with van der Waals surface area (Å²) in [5.74, 6) is -1.28. The van der Waals surface area contributed by atoms with E-state index in [1.807, 2.05) is 24.3 Å². The van der Waals surface area contributed by atoms with Gasteiger partial charge in [0.1, 0.15) is 5.82 Å². The zero-order valence-corrected chi connectivity index (χ0v) is 12.4. The number of anilines is 1. The maximum Gasteiger partial charge on any atom is 0.322 e. The lowest BCUT2D eigenvalue weighted by Crippen LogP contribution is -2.39. The van der Waals surface area contributed by atoms with Crippen LogP contribution in [0.5, 0.6) is 0 Å². The molecule has 0 saturated heterocycles. The molecule has 3 amide bonds. The third-order valence-corrected chi connectivity index (χ3v) is 3.91. The van der Waals surface area contributed by atoms with Gasteiger partial charge in [-0.2, -0.15) is 0 Å². The van der Waals surface area contributed by atoms with Gasteiger partial charge in [0.25, 0.3) is 0 Å². The highest BCUT2D eigenvalue weighted by Gasteiger charge is 2.21. The summed E-state index contributed by atoms with van der Waals surface area (Å²) in [5.41, 5.74) is 7.57. The number of nitrogens with one attached hydrogen (secondary N) is 1. The molecular weight excluding hydrogens is 297 g/mol. The van der Waals surface area contributed by atoms with Gasteiger partial charge in [-0.1, -0.05) is 24.3 Å². The number of amides is 3. The van der Waals surface area contributed by atoms with Crippen molar-refractivity contribution in [2.24, 2.45) is 5.73 Å². The molecule has 1 aliphatic rings. The van der Waals surface area contributed by atoms with Gasteiger partial charge in [0.2, 0.25) is 5.91 Å². The fourth-order valence-corrected chi connectivity index (χ4v) is 2.64. The lowest BCUT2D eigenvalue weighted by Gasteiger charge is -2.29. The molecule has 1 aliphatic heterocycles. The number of nitrogens with two attached hydrogens (primary N) is 1. The lowest BCUT2D eigenvalue weighted by molar-refractivity contribution is 0.1000. The summed E-state index contributed by atoms with van der Waals surface area (Å²) in [7, 11) is 0. The van der Waals surface area contributed by atoms with Crippen LogP contribution in [0.15, 0.2) is 42.5 Å². The van der Waals surface area contributed by atoms with Crippen LogP contribution in [0, 0.1) is 5.82 Å². The third-order valence-electron chi connectivity index (χ3n) is 3.91. The van der Waals surface area contributed by atoms with Crippen molar-refractivity contribution in [1.29, 1.82) is 0 Å². The zero-order valence-electron chi connectivity index (χ0n) is 12.4.